The summed E-state index contributed by atoms with van der Waals surface area (Å²) in [5.74, 6) is 0.650. The van der Waals surface area contributed by atoms with Crippen LogP contribution in [-0.4, -0.2) is 62.4 Å². The minimum Gasteiger partial charge on any atom is -0.302 e. The van der Waals surface area contributed by atoms with Crippen LogP contribution < -0.4 is 4.90 Å². The number of aromatic nitrogens is 1. The first-order chi connectivity index (χ1) is 15.7. The normalized spacial score (nSPS) is 11.9. The lowest BCUT2D eigenvalue weighted by Gasteiger charge is -2.24. The van der Waals surface area contributed by atoms with Crippen LogP contribution in [0.1, 0.15) is 20.3 Å². The molecule has 0 radical (unpaired) electrons. The number of halogens is 1. The SMILES string of the molecule is CCN(CC)CCN(C(=O)CCSc1ccc(Cl)cc1)c1nc2ccc(S(C)(=O)=O)cc2s1. The van der Waals surface area contributed by atoms with Gasteiger partial charge in [0.05, 0.1) is 15.1 Å². The number of amides is 1. The topological polar surface area (TPSA) is 70.6 Å². The minimum atomic E-state index is -3.31. The van der Waals surface area contributed by atoms with Gasteiger partial charge in [-0.15, -0.1) is 11.8 Å². The fourth-order valence-electron chi connectivity index (χ4n) is 3.27. The number of carbonyl (C=O) groups is 1. The maximum Gasteiger partial charge on any atom is 0.229 e. The van der Waals surface area contributed by atoms with Gasteiger partial charge in [0.15, 0.2) is 15.0 Å². The standard InChI is InChI=1S/C23H28ClN3O3S3/c1-4-26(5-2)13-14-27(22(28)12-15-31-18-8-6-17(24)7-9-18)23-25-20-11-10-19(33(3,29)30)16-21(20)32-23/h6-11,16H,4-5,12-15H2,1-3H3. The molecule has 0 saturated carbocycles. The molecule has 2 aromatic carbocycles. The molecule has 1 amide bonds. The van der Waals surface area contributed by atoms with Gasteiger partial charge in [-0.2, -0.15) is 0 Å². The van der Waals surface area contributed by atoms with E-state index in [9.17, 15) is 13.2 Å². The molecule has 10 heteroatoms. The highest BCUT2D eigenvalue weighted by Gasteiger charge is 2.21. The average molecular weight is 526 g/mol. The summed E-state index contributed by atoms with van der Waals surface area (Å²) >= 11 is 8.91. The first-order valence-electron chi connectivity index (χ1n) is 10.7. The van der Waals surface area contributed by atoms with Crippen molar-refractivity contribution < 1.29 is 13.2 Å². The van der Waals surface area contributed by atoms with Crippen molar-refractivity contribution in [1.82, 2.24) is 9.88 Å². The van der Waals surface area contributed by atoms with Gasteiger partial charge in [-0.05, 0) is 55.6 Å². The quantitative estimate of drug-likeness (QED) is 0.320. The van der Waals surface area contributed by atoms with Crippen molar-refractivity contribution >= 4 is 65.8 Å². The van der Waals surface area contributed by atoms with E-state index in [0.29, 0.717) is 34.4 Å². The number of carbonyl (C=O) groups excluding carboxylic acids is 1. The number of hydrogen-bond donors (Lipinski definition) is 0. The van der Waals surface area contributed by atoms with Crippen LogP contribution in [0.25, 0.3) is 10.2 Å². The molecule has 0 aliphatic heterocycles. The molecule has 0 spiro atoms. The van der Waals surface area contributed by atoms with Crippen LogP contribution in [-0.2, 0) is 14.6 Å². The Hall–Kier alpha value is -1.65. The maximum atomic E-state index is 13.2. The summed E-state index contributed by atoms with van der Waals surface area (Å²) in [4.78, 5) is 23.2. The van der Waals surface area contributed by atoms with Crippen molar-refractivity contribution in [2.75, 3.05) is 43.1 Å². The largest absolute Gasteiger partial charge is 0.302 e. The number of sulfone groups is 1. The van der Waals surface area contributed by atoms with Gasteiger partial charge in [0, 0.05) is 41.4 Å². The molecule has 0 unspecified atom stereocenters. The molecule has 0 aliphatic carbocycles. The van der Waals surface area contributed by atoms with Crippen molar-refractivity contribution in [3.05, 3.63) is 47.5 Å². The van der Waals surface area contributed by atoms with Crippen LogP contribution in [0, 0.1) is 0 Å². The van der Waals surface area contributed by atoms with E-state index >= 15 is 0 Å². The Morgan fingerprint density at radius 1 is 1.09 bits per heavy atom. The van der Waals surface area contributed by atoms with E-state index in [0.717, 1.165) is 29.2 Å². The molecule has 1 aromatic heterocycles. The lowest BCUT2D eigenvalue weighted by molar-refractivity contribution is -0.118. The number of likely N-dealkylation sites (N-methyl/N-ethyl adjacent to an activating group) is 1. The van der Waals surface area contributed by atoms with Gasteiger partial charge in [-0.25, -0.2) is 13.4 Å². The number of thioether (sulfide) groups is 1. The molecule has 0 fully saturated rings. The van der Waals surface area contributed by atoms with Gasteiger partial charge in [0.25, 0.3) is 0 Å². The number of thiazole rings is 1. The Kier molecular flexibility index (Phi) is 9.17. The third-order valence-corrected chi connectivity index (χ3v) is 8.66. The van der Waals surface area contributed by atoms with Crippen LogP contribution >= 0.6 is 34.7 Å². The summed E-state index contributed by atoms with van der Waals surface area (Å²) in [6, 6.07) is 12.5. The Bertz CT molecular complexity index is 1190. The molecule has 6 nitrogen and oxygen atoms in total. The molecule has 1 heterocycles. The van der Waals surface area contributed by atoms with E-state index in [4.69, 9.17) is 11.6 Å². The fraction of sp³-hybridized carbons (Fsp3) is 0.391. The highest BCUT2D eigenvalue weighted by atomic mass is 35.5. The summed E-state index contributed by atoms with van der Waals surface area (Å²) < 4.78 is 24.6. The van der Waals surface area contributed by atoms with Gasteiger partial charge >= 0.3 is 0 Å². The lowest BCUT2D eigenvalue weighted by atomic mass is 10.3. The van der Waals surface area contributed by atoms with Crippen LogP contribution in [0.4, 0.5) is 5.13 Å². The van der Waals surface area contributed by atoms with E-state index in [1.807, 2.05) is 24.3 Å². The Morgan fingerprint density at radius 2 is 1.79 bits per heavy atom. The van der Waals surface area contributed by atoms with Gasteiger partial charge in [-0.1, -0.05) is 36.8 Å². The average Bonchev–Trinajstić information content (AvgIpc) is 3.20. The molecular weight excluding hydrogens is 498 g/mol. The Labute approximate surface area is 208 Å². The summed E-state index contributed by atoms with van der Waals surface area (Å²) in [6.07, 6.45) is 1.56. The van der Waals surface area contributed by atoms with Crippen LogP contribution in [0.15, 0.2) is 52.3 Å². The Morgan fingerprint density at radius 3 is 2.42 bits per heavy atom. The molecule has 0 saturated heterocycles. The molecule has 178 valence electrons. The van der Waals surface area contributed by atoms with E-state index in [1.54, 1.807) is 34.9 Å². The van der Waals surface area contributed by atoms with Crippen molar-refractivity contribution in [2.24, 2.45) is 0 Å². The van der Waals surface area contributed by atoms with Gasteiger partial charge in [0.2, 0.25) is 5.91 Å². The lowest BCUT2D eigenvalue weighted by Crippen LogP contribution is -2.39. The first-order valence-corrected chi connectivity index (χ1v) is 14.8. The van der Waals surface area contributed by atoms with E-state index in [-0.39, 0.29) is 10.8 Å². The second kappa shape index (κ2) is 11.7. The number of fused-ring (bicyclic) bond motifs is 1. The number of nitrogens with zero attached hydrogens (tertiary/aromatic N) is 3. The zero-order valence-corrected chi connectivity index (χ0v) is 22.2. The fourth-order valence-corrected chi connectivity index (χ4v) is 6.01. The molecule has 33 heavy (non-hydrogen) atoms. The first kappa shape index (κ1) is 26.0. The number of anilines is 1. The minimum absolute atomic E-state index is 0.00557. The van der Waals surface area contributed by atoms with E-state index < -0.39 is 9.84 Å². The summed E-state index contributed by atoms with van der Waals surface area (Å²) in [5, 5.41) is 1.29. The molecule has 3 rings (SSSR count). The number of rotatable bonds is 11. The van der Waals surface area contributed by atoms with Gasteiger partial charge in [-0.3, -0.25) is 9.69 Å². The van der Waals surface area contributed by atoms with Crippen LogP contribution in [0.3, 0.4) is 0 Å². The van der Waals surface area contributed by atoms with E-state index in [2.05, 4.69) is 23.7 Å². The second-order valence-electron chi connectivity index (χ2n) is 7.52. The van der Waals surface area contributed by atoms with E-state index in [1.165, 1.54) is 17.6 Å². The van der Waals surface area contributed by atoms with Crippen molar-refractivity contribution in [3.8, 4) is 0 Å². The second-order valence-corrected chi connectivity index (χ2v) is 12.2. The smallest absolute Gasteiger partial charge is 0.229 e. The summed E-state index contributed by atoms with van der Waals surface area (Å²) in [5.41, 5.74) is 0.693. The molecular formula is C23H28ClN3O3S3. The molecule has 0 N–H and O–H groups in total. The monoisotopic (exact) mass is 525 g/mol. The zero-order valence-electron chi connectivity index (χ0n) is 19.0. The molecule has 0 aliphatic rings. The predicted molar refractivity (Wildman–Crippen MR) is 140 cm³/mol. The third-order valence-electron chi connectivity index (χ3n) is 5.24. The van der Waals surface area contributed by atoms with Crippen molar-refractivity contribution in [2.45, 2.75) is 30.1 Å². The Balaban J connectivity index is 1.79. The van der Waals surface area contributed by atoms with Crippen molar-refractivity contribution in [1.29, 1.82) is 0 Å². The summed E-state index contributed by atoms with van der Waals surface area (Å²) in [6.45, 7) is 7.29. The zero-order chi connectivity index (χ0) is 24.0. The van der Waals surface area contributed by atoms with Crippen LogP contribution in [0.2, 0.25) is 5.02 Å². The van der Waals surface area contributed by atoms with Crippen LogP contribution in [0.5, 0.6) is 0 Å². The highest BCUT2D eigenvalue weighted by molar-refractivity contribution is 7.99. The highest BCUT2D eigenvalue weighted by Crippen LogP contribution is 2.31. The number of benzene rings is 2. The molecule has 0 bridgehead atoms. The summed E-state index contributed by atoms with van der Waals surface area (Å²) in [7, 11) is -3.31. The molecule has 3 aromatic rings. The van der Waals surface area contributed by atoms with Gasteiger partial charge in [0.1, 0.15) is 0 Å². The predicted octanol–water partition coefficient (Wildman–Crippen LogP) is 5.21. The van der Waals surface area contributed by atoms with Crippen molar-refractivity contribution in [3.63, 3.8) is 0 Å². The van der Waals surface area contributed by atoms with Gasteiger partial charge < -0.3 is 4.90 Å². The molecule has 0 atom stereocenters. The third kappa shape index (κ3) is 7.16. The maximum absolute atomic E-state index is 13.2. The number of hydrogen-bond acceptors (Lipinski definition) is 7.